The summed E-state index contributed by atoms with van der Waals surface area (Å²) >= 11 is 0. The highest BCUT2D eigenvalue weighted by Crippen LogP contribution is 2.20. The monoisotopic (exact) mass is 255 g/mol. The van der Waals surface area contributed by atoms with Gasteiger partial charge in [0.1, 0.15) is 0 Å². The highest BCUT2D eigenvalue weighted by atomic mass is 15.4. The Bertz CT molecular complexity index is 723. The maximum atomic E-state index is 4.62. The summed E-state index contributed by atoms with van der Waals surface area (Å²) in [5, 5.41) is 7.71. The zero-order valence-corrected chi connectivity index (χ0v) is 11.4. The van der Waals surface area contributed by atoms with Gasteiger partial charge in [-0.2, -0.15) is 0 Å². The first-order valence-electron chi connectivity index (χ1n) is 6.31. The van der Waals surface area contributed by atoms with E-state index in [2.05, 4.69) is 46.6 Å². The van der Waals surface area contributed by atoms with Crippen molar-refractivity contribution in [2.24, 2.45) is 7.05 Å². The van der Waals surface area contributed by atoms with Crippen molar-refractivity contribution in [3.63, 3.8) is 0 Å². The molecule has 0 radical (unpaired) electrons. The molecule has 0 bridgehead atoms. The second-order valence-corrected chi connectivity index (χ2v) is 4.76. The molecule has 0 atom stereocenters. The molecule has 1 aromatic carbocycles. The van der Waals surface area contributed by atoms with Crippen LogP contribution in [0.1, 0.15) is 11.3 Å². The topological polar surface area (TPSA) is 47.1 Å². The first-order chi connectivity index (χ1) is 9.19. The number of imidazole rings is 1. The van der Waals surface area contributed by atoms with Gasteiger partial charge < -0.3 is 5.32 Å². The van der Waals surface area contributed by atoms with Crippen LogP contribution in [0.15, 0.2) is 30.5 Å². The number of rotatable bonds is 3. The number of nitrogens with one attached hydrogen (secondary N) is 1. The van der Waals surface area contributed by atoms with Gasteiger partial charge in [-0.25, -0.2) is 9.50 Å². The van der Waals surface area contributed by atoms with E-state index in [0.717, 1.165) is 29.4 Å². The first-order valence-corrected chi connectivity index (χ1v) is 6.31. The van der Waals surface area contributed by atoms with E-state index in [0.29, 0.717) is 0 Å². The van der Waals surface area contributed by atoms with Crippen LogP contribution in [-0.2, 0) is 13.6 Å². The molecule has 5 heteroatoms. The highest BCUT2D eigenvalue weighted by molar-refractivity contribution is 5.59. The third-order valence-electron chi connectivity index (χ3n) is 3.17. The molecule has 2 aromatic heterocycles. The van der Waals surface area contributed by atoms with Crippen LogP contribution in [0.3, 0.4) is 0 Å². The number of hydrogen-bond donors (Lipinski definition) is 1. The van der Waals surface area contributed by atoms with Gasteiger partial charge in [-0.3, -0.25) is 4.57 Å². The molecule has 0 unspecified atom stereocenters. The van der Waals surface area contributed by atoms with Crippen molar-refractivity contribution in [3.05, 3.63) is 41.7 Å². The van der Waals surface area contributed by atoms with E-state index in [1.807, 2.05) is 29.4 Å². The Hall–Kier alpha value is -2.14. The Morgan fingerprint density at radius 2 is 2.16 bits per heavy atom. The lowest BCUT2D eigenvalue weighted by atomic mass is 10.1. The minimum atomic E-state index is 0.753. The number of fused-ring (bicyclic) bond motifs is 1. The van der Waals surface area contributed by atoms with E-state index in [1.165, 1.54) is 5.56 Å². The molecule has 0 aliphatic rings. The Morgan fingerprint density at radius 3 is 2.84 bits per heavy atom. The van der Waals surface area contributed by atoms with Gasteiger partial charge in [0, 0.05) is 19.2 Å². The molecule has 19 heavy (non-hydrogen) atoms. The SMILES string of the molecule is CNCc1cn2nc(-c3cccc(C)c3)n(C)c2n1. The molecule has 0 spiro atoms. The zero-order valence-electron chi connectivity index (χ0n) is 11.4. The summed E-state index contributed by atoms with van der Waals surface area (Å²) in [7, 11) is 3.91. The molecule has 3 rings (SSSR count). The van der Waals surface area contributed by atoms with Gasteiger partial charge in [0.15, 0.2) is 5.82 Å². The molecule has 3 aromatic rings. The van der Waals surface area contributed by atoms with Crippen molar-refractivity contribution < 1.29 is 0 Å². The van der Waals surface area contributed by atoms with Gasteiger partial charge >= 0.3 is 0 Å². The van der Waals surface area contributed by atoms with Gasteiger partial charge in [-0.15, -0.1) is 5.10 Å². The zero-order chi connectivity index (χ0) is 13.4. The second kappa shape index (κ2) is 4.51. The van der Waals surface area contributed by atoms with Crippen molar-refractivity contribution in [1.29, 1.82) is 0 Å². The first kappa shape index (κ1) is 11.9. The number of benzene rings is 1. The van der Waals surface area contributed by atoms with Crippen molar-refractivity contribution in [2.45, 2.75) is 13.5 Å². The largest absolute Gasteiger partial charge is 0.314 e. The Kier molecular flexibility index (Phi) is 2.83. The number of aryl methyl sites for hydroxylation is 2. The lowest BCUT2D eigenvalue weighted by Gasteiger charge is -2.01. The molecule has 98 valence electrons. The van der Waals surface area contributed by atoms with E-state index < -0.39 is 0 Å². The molecule has 0 aliphatic carbocycles. The fourth-order valence-electron chi connectivity index (χ4n) is 2.28. The fraction of sp³-hybridized carbons (Fsp3) is 0.286. The number of aromatic nitrogens is 4. The van der Waals surface area contributed by atoms with Crippen LogP contribution in [0, 0.1) is 6.92 Å². The Labute approximate surface area is 111 Å². The molecular formula is C14H17N5. The van der Waals surface area contributed by atoms with Gasteiger partial charge in [0.25, 0.3) is 0 Å². The average molecular weight is 255 g/mol. The Balaban J connectivity index is 2.10. The van der Waals surface area contributed by atoms with Gasteiger partial charge in [0.2, 0.25) is 5.78 Å². The van der Waals surface area contributed by atoms with E-state index in [9.17, 15) is 0 Å². The molecule has 0 saturated heterocycles. The van der Waals surface area contributed by atoms with E-state index in [-0.39, 0.29) is 0 Å². The van der Waals surface area contributed by atoms with Crippen LogP contribution in [0.4, 0.5) is 0 Å². The lowest BCUT2D eigenvalue weighted by molar-refractivity contribution is 0.792. The fourth-order valence-corrected chi connectivity index (χ4v) is 2.28. The molecule has 0 fully saturated rings. The van der Waals surface area contributed by atoms with Crippen LogP contribution in [0.25, 0.3) is 17.2 Å². The minimum Gasteiger partial charge on any atom is -0.314 e. The lowest BCUT2D eigenvalue weighted by Crippen LogP contribution is -2.05. The highest BCUT2D eigenvalue weighted by Gasteiger charge is 2.12. The van der Waals surface area contributed by atoms with Crippen LogP contribution < -0.4 is 5.32 Å². The summed E-state index contributed by atoms with van der Waals surface area (Å²) < 4.78 is 3.86. The van der Waals surface area contributed by atoms with Crippen LogP contribution >= 0.6 is 0 Å². The van der Waals surface area contributed by atoms with E-state index >= 15 is 0 Å². The molecule has 0 aliphatic heterocycles. The molecular weight excluding hydrogens is 238 g/mol. The quantitative estimate of drug-likeness (QED) is 0.776. The average Bonchev–Trinajstić information content (AvgIpc) is 2.90. The summed E-state index contributed by atoms with van der Waals surface area (Å²) in [6.07, 6.45) is 1.96. The smallest absolute Gasteiger partial charge is 0.232 e. The molecule has 0 saturated carbocycles. The predicted octanol–water partition coefficient (Wildman–Crippen LogP) is 1.76. The number of hydrogen-bond acceptors (Lipinski definition) is 3. The van der Waals surface area contributed by atoms with Gasteiger partial charge in [-0.05, 0) is 20.0 Å². The number of nitrogens with zero attached hydrogens (tertiary/aromatic N) is 4. The minimum absolute atomic E-state index is 0.753. The summed E-state index contributed by atoms with van der Waals surface area (Å²) in [6.45, 7) is 2.84. The maximum absolute atomic E-state index is 4.62. The van der Waals surface area contributed by atoms with Gasteiger partial charge in [0.05, 0.1) is 11.9 Å². The van der Waals surface area contributed by atoms with Crippen molar-refractivity contribution in [1.82, 2.24) is 24.5 Å². The maximum Gasteiger partial charge on any atom is 0.232 e. The van der Waals surface area contributed by atoms with Crippen molar-refractivity contribution in [2.75, 3.05) is 7.05 Å². The van der Waals surface area contributed by atoms with Crippen LogP contribution in [0.5, 0.6) is 0 Å². The van der Waals surface area contributed by atoms with E-state index in [1.54, 1.807) is 0 Å². The molecule has 2 heterocycles. The predicted molar refractivity (Wildman–Crippen MR) is 74.9 cm³/mol. The second-order valence-electron chi connectivity index (χ2n) is 4.76. The standard InChI is InChI=1S/C14H17N5/c1-10-5-4-6-11(7-10)13-17-19-9-12(8-15-2)16-14(19)18(13)3/h4-7,9,15H,8H2,1-3H3. The molecule has 1 N–H and O–H groups in total. The Morgan fingerprint density at radius 1 is 1.32 bits per heavy atom. The van der Waals surface area contributed by atoms with E-state index in [4.69, 9.17) is 0 Å². The van der Waals surface area contributed by atoms with Crippen LogP contribution in [-0.4, -0.2) is 26.2 Å². The van der Waals surface area contributed by atoms with Gasteiger partial charge in [-0.1, -0.05) is 23.8 Å². The summed E-state index contributed by atoms with van der Waals surface area (Å²) in [4.78, 5) is 4.57. The third kappa shape index (κ3) is 2.02. The summed E-state index contributed by atoms with van der Waals surface area (Å²) in [5.74, 6) is 1.80. The molecule has 0 amide bonds. The van der Waals surface area contributed by atoms with Crippen molar-refractivity contribution in [3.8, 4) is 11.4 Å². The van der Waals surface area contributed by atoms with Crippen molar-refractivity contribution >= 4 is 5.78 Å². The normalized spacial score (nSPS) is 11.3. The summed E-state index contributed by atoms with van der Waals surface area (Å²) in [5.41, 5.74) is 3.34. The molecule has 5 nitrogen and oxygen atoms in total. The van der Waals surface area contributed by atoms with Crippen LogP contribution in [0.2, 0.25) is 0 Å². The third-order valence-corrected chi connectivity index (χ3v) is 3.17. The summed E-state index contributed by atoms with van der Waals surface area (Å²) in [6, 6.07) is 8.34.